The summed E-state index contributed by atoms with van der Waals surface area (Å²) in [7, 11) is 0. The standard InChI is InChI=1S/C23H18Cl2N2O7/c24-15-5-1-13(2-6-15)21(29)32-12-18-17(34-22(30)14-3-7-16(25)8-4-14)11-20(33-18)27-19(28)9-10-26-23(27)31/h1-10,17-18,20H,11-12H2,(H,26,31)/t17?,18?,20-/m1/s1. The number of halogens is 2. The van der Waals surface area contributed by atoms with E-state index in [1.165, 1.54) is 36.5 Å². The van der Waals surface area contributed by atoms with Crippen molar-refractivity contribution in [3.63, 3.8) is 0 Å². The molecule has 4 rings (SSSR count). The number of hydrogen-bond donors (Lipinski definition) is 1. The van der Waals surface area contributed by atoms with Crippen molar-refractivity contribution in [2.45, 2.75) is 24.9 Å². The van der Waals surface area contributed by atoms with E-state index in [9.17, 15) is 19.2 Å². The molecule has 1 N–H and O–H groups in total. The summed E-state index contributed by atoms with van der Waals surface area (Å²) in [6, 6.07) is 13.4. The van der Waals surface area contributed by atoms with E-state index in [-0.39, 0.29) is 24.2 Å². The van der Waals surface area contributed by atoms with Gasteiger partial charge < -0.3 is 19.2 Å². The van der Waals surface area contributed by atoms with Crippen LogP contribution in [-0.2, 0) is 14.2 Å². The quantitative estimate of drug-likeness (QED) is 0.512. The van der Waals surface area contributed by atoms with Crippen LogP contribution in [0.1, 0.15) is 33.4 Å². The largest absolute Gasteiger partial charge is 0.459 e. The average molecular weight is 505 g/mol. The van der Waals surface area contributed by atoms with E-state index in [1.807, 2.05) is 0 Å². The molecule has 1 fully saturated rings. The van der Waals surface area contributed by atoms with Crippen LogP contribution in [0.4, 0.5) is 0 Å². The van der Waals surface area contributed by atoms with Crippen LogP contribution in [0.3, 0.4) is 0 Å². The van der Waals surface area contributed by atoms with Gasteiger partial charge >= 0.3 is 17.6 Å². The van der Waals surface area contributed by atoms with Crippen molar-refractivity contribution in [1.29, 1.82) is 0 Å². The van der Waals surface area contributed by atoms with E-state index in [2.05, 4.69) is 4.98 Å². The maximum Gasteiger partial charge on any atom is 0.338 e. The van der Waals surface area contributed by atoms with Crippen LogP contribution in [-0.4, -0.2) is 40.3 Å². The number of carbonyl (C=O) groups excluding carboxylic acids is 2. The molecule has 1 saturated heterocycles. The highest BCUT2D eigenvalue weighted by molar-refractivity contribution is 6.31. The number of ether oxygens (including phenoxy) is 3. The molecule has 2 unspecified atom stereocenters. The number of rotatable bonds is 6. The Hall–Kier alpha value is -3.40. The van der Waals surface area contributed by atoms with Gasteiger partial charge in [0.2, 0.25) is 0 Å². The summed E-state index contributed by atoms with van der Waals surface area (Å²) in [4.78, 5) is 51.9. The van der Waals surface area contributed by atoms with Crippen LogP contribution < -0.4 is 11.2 Å². The van der Waals surface area contributed by atoms with Gasteiger partial charge in [0.15, 0.2) is 0 Å². The molecule has 34 heavy (non-hydrogen) atoms. The summed E-state index contributed by atoms with van der Waals surface area (Å²) in [6.07, 6.45) is -1.64. The number of hydrogen-bond acceptors (Lipinski definition) is 7. The zero-order valence-corrected chi connectivity index (χ0v) is 19.0. The van der Waals surface area contributed by atoms with Crippen LogP contribution in [0, 0.1) is 0 Å². The van der Waals surface area contributed by atoms with E-state index in [0.717, 1.165) is 4.57 Å². The van der Waals surface area contributed by atoms with Crippen molar-refractivity contribution in [1.82, 2.24) is 9.55 Å². The Morgan fingerprint density at radius 1 is 0.941 bits per heavy atom. The number of nitrogens with zero attached hydrogens (tertiary/aromatic N) is 1. The lowest BCUT2D eigenvalue weighted by molar-refractivity contribution is -0.0589. The van der Waals surface area contributed by atoms with Gasteiger partial charge in [-0.2, -0.15) is 0 Å². The molecule has 0 radical (unpaired) electrons. The fourth-order valence-corrected chi connectivity index (χ4v) is 3.71. The molecule has 1 aromatic heterocycles. The number of nitrogens with one attached hydrogen (secondary N) is 1. The molecule has 0 saturated carbocycles. The monoisotopic (exact) mass is 504 g/mol. The van der Waals surface area contributed by atoms with Crippen molar-refractivity contribution < 1.29 is 23.8 Å². The Labute approximate surface area is 202 Å². The van der Waals surface area contributed by atoms with Gasteiger partial charge in [-0.15, -0.1) is 0 Å². The lowest BCUT2D eigenvalue weighted by Gasteiger charge is -2.19. The normalized spacial score (nSPS) is 19.5. The molecule has 3 aromatic rings. The summed E-state index contributed by atoms with van der Waals surface area (Å²) >= 11 is 11.7. The van der Waals surface area contributed by atoms with E-state index >= 15 is 0 Å². The molecular formula is C23H18Cl2N2O7. The highest BCUT2D eigenvalue weighted by Crippen LogP contribution is 2.30. The highest BCUT2D eigenvalue weighted by atomic mass is 35.5. The van der Waals surface area contributed by atoms with Gasteiger partial charge in [-0.25, -0.2) is 19.0 Å². The number of H-pyrrole nitrogens is 1. The molecule has 2 heterocycles. The molecule has 11 heteroatoms. The topological polar surface area (TPSA) is 117 Å². The lowest BCUT2D eigenvalue weighted by Crippen LogP contribution is -2.37. The molecule has 0 spiro atoms. The zero-order valence-electron chi connectivity index (χ0n) is 17.5. The third kappa shape index (κ3) is 5.39. The van der Waals surface area contributed by atoms with Crippen molar-refractivity contribution in [3.05, 3.63) is 103 Å². The first-order valence-electron chi connectivity index (χ1n) is 10.2. The maximum absolute atomic E-state index is 12.6. The number of aromatic amines is 1. The van der Waals surface area contributed by atoms with Crippen molar-refractivity contribution in [3.8, 4) is 0 Å². The number of benzene rings is 2. The summed E-state index contributed by atoms with van der Waals surface area (Å²) in [6.45, 7) is -0.282. The summed E-state index contributed by atoms with van der Waals surface area (Å²) in [5.74, 6) is -1.30. The van der Waals surface area contributed by atoms with Gasteiger partial charge in [0.05, 0.1) is 11.1 Å². The molecule has 1 aliphatic rings. The van der Waals surface area contributed by atoms with E-state index in [0.29, 0.717) is 10.0 Å². The fourth-order valence-electron chi connectivity index (χ4n) is 3.46. The van der Waals surface area contributed by atoms with Gasteiger partial charge in [-0.3, -0.25) is 4.79 Å². The van der Waals surface area contributed by atoms with E-state index in [4.69, 9.17) is 37.4 Å². The fraction of sp³-hybridized carbons (Fsp3) is 0.217. The Morgan fingerprint density at radius 2 is 1.53 bits per heavy atom. The second-order valence-electron chi connectivity index (χ2n) is 7.41. The van der Waals surface area contributed by atoms with Crippen molar-refractivity contribution >= 4 is 35.1 Å². The molecule has 176 valence electrons. The predicted molar refractivity (Wildman–Crippen MR) is 122 cm³/mol. The van der Waals surface area contributed by atoms with Crippen LogP contribution in [0.25, 0.3) is 0 Å². The summed E-state index contributed by atoms with van der Waals surface area (Å²) in [5, 5.41) is 0.918. The second-order valence-corrected chi connectivity index (χ2v) is 8.28. The van der Waals surface area contributed by atoms with Gasteiger partial charge in [-0.05, 0) is 48.5 Å². The summed E-state index contributed by atoms with van der Waals surface area (Å²) < 4.78 is 17.6. The first-order valence-corrected chi connectivity index (χ1v) is 10.9. The molecule has 1 aliphatic heterocycles. The van der Waals surface area contributed by atoms with Gasteiger partial charge in [0.25, 0.3) is 5.56 Å². The molecule has 9 nitrogen and oxygen atoms in total. The smallest absolute Gasteiger partial charge is 0.338 e. The minimum absolute atomic E-state index is 0.00447. The molecule has 3 atom stereocenters. The van der Waals surface area contributed by atoms with Crippen molar-refractivity contribution in [2.75, 3.05) is 6.61 Å². The molecular weight excluding hydrogens is 487 g/mol. The average Bonchev–Trinajstić information content (AvgIpc) is 3.20. The second kappa shape index (κ2) is 10.3. The number of aromatic nitrogens is 2. The van der Waals surface area contributed by atoms with Crippen molar-refractivity contribution in [2.24, 2.45) is 0 Å². The molecule has 2 aromatic carbocycles. The third-order valence-electron chi connectivity index (χ3n) is 5.15. The minimum Gasteiger partial charge on any atom is -0.459 e. The summed E-state index contributed by atoms with van der Waals surface area (Å²) in [5.41, 5.74) is -0.752. The van der Waals surface area contributed by atoms with E-state index < -0.39 is 41.6 Å². The highest BCUT2D eigenvalue weighted by Gasteiger charge is 2.41. The van der Waals surface area contributed by atoms with Gasteiger partial charge in [-0.1, -0.05) is 23.2 Å². The van der Waals surface area contributed by atoms with E-state index in [1.54, 1.807) is 24.3 Å². The van der Waals surface area contributed by atoms with Crippen LogP contribution in [0.5, 0.6) is 0 Å². The zero-order chi connectivity index (χ0) is 24.2. The first-order chi connectivity index (χ1) is 16.3. The maximum atomic E-state index is 12.6. The Bertz CT molecular complexity index is 1270. The number of carbonyl (C=O) groups is 2. The Kier molecular flexibility index (Phi) is 7.16. The van der Waals surface area contributed by atoms with Crippen LogP contribution >= 0.6 is 23.2 Å². The van der Waals surface area contributed by atoms with Crippen LogP contribution in [0.15, 0.2) is 70.4 Å². The van der Waals surface area contributed by atoms with Crippen LogP contribution in [0.2, 0.25) is 10.0 Å². The minimum atomic E-state index is -1.03. The Morgan fingerprint density at radius 3 is 2.12 bits per heavy atom. The van der Waals surface area contributed by atoms with Gasteiger partial charge in [0, 0.05) is 28.7 Å². The molecule has 0 bridgehead atoms. The van der Waals surface area contributed by atoms with Gasteiger partial charge in [0.1, 0.15) is 25.0 Å². The lowest BCUT2D eigenvalue weighted by atomic mass is 10.1. The molecule has 0 aliphatic carbocycles. The SMILES string of the molecule is O=C(OCC1O[C@@H](n2c(=O)cc[nH]c2=O)CC1OC(=O)c1ccc(Cl)cc1)c1ccc(Cl)cc1. The first kappa shape index (κ1) is 23.7. The number of esters is 2. The third-order valence-corrected chi connectivity index (χ3v) is 5.66. The predicted octanol–water partition coefficient (Wildman–Crippen LogP) is 3.21. The molecule has 0 amide bonds. The Balaban J connectivity index is 1.52.